The molecule has 0 spiro atoms. The number of aliphatic carboxylic acids is 2. The number of methoxy groups -OCH3 is 1. The summed E-state index contributed by atoms with van der Waals surface area (Å²) in [6.45, 7) is 8.08. The number of ether oxygens (including phenoxy) is 2. The highest BCUT2D eigenvalue weighted by Gasteiger charge is 2.21. The summed E-state index contributed by atoms with van der Waals surface area (Å²) in [4.78, 5) is 139. The lowest BCUT2D eigenvalue weighted by Crippen LogP contribution is -2.15. The van der Waals surface area contributed by atoms with E-state index in [1.54, 1.807) is 55.5 Å². The first-order valence-electron chi connectivity index (χ1n) is 41.8. The maximum atomic E-state index is 12.6. The standard InChI is InChI=1S/C27H21N3O3S.C26H19N3O3S.C20H15N3O3S.C18H13N3OS.C14H11N3O3S/c1-2-33-26(32)22-10-8-18(9-11-22)17-34-27-29-24(23(16-28)25(31)30-27)21-14-12-20(13-15-21)19-6-4-3-5-7-19;1-32-25(31)21-9-7-17(8-10-21)16-33-26-28-23(22(15-27)24(30)29-26)20-13-11-19(12-14-20)18-5-3-2-4-6-18;1-12-2-4-13(5-3-12)14-6-8-15(9-7-14)18-16(10-21)19(26)23-20(22-18)27-11-17(24)25;1-11-2-4-12(5-3-11)13-6-8-14(9-7-13)16-15(10-19)17(22)21-18(23)20-16;1-8-2-4-9(5-3-8)12-10(6-15)13(20)17-14(16-12)21-7-11(18)19/h3-15H,2,17H2,1H3,(H,29,30,31);2-14H,16H2,1H3,(H,28,29,30);2-9H,11H2,1H3,(H,24,25)(H,22,23,26);2-9H,1H3,(H2,20,21,22,23);2-5H,7H2,1H3,(H,18,19)(H,16,17,20). The number of nitriles is 5. The zero-order valence-electron chi connectivity index (χ0n) is 74.0. The summed E-state index contributed by atoms with van der Waals surface area (Å²) in [6, 6.07) is 97.5. The minimum atomic E-state index is -1.02. The van der Waals surface area contributed by atoms with Crippen molar-refractivity contribution in [2.24, 2.45) is 0 Å². The fourth-order valence-corrected chi connectivity index (χ4v) is 16.3. The van der Waals surface area contributed by atoms with E-state index in [4.69, 9.17) is 37.2 Å². The fraction of sp³-hybridized carbons (Fsp3) is 0.0952. The topological polar surface area (TPSA) is 478 Å². The lowest BCUT2D eigenvalue weighted by molar-refractivity contribution is -0.134. The monoisotopic (exact) mass is 1920 g/mol. The molecular weight excluding hydrogens is 1840 g/mol. The SMILES string of the molecule is CCOC(=O)c1ccc(CSc2nc(-c3ccc(-c4ccccc4)cc3)c(C#N)c(=O)[nH]2)cc1.COC(=O)c1ccc(CSc2nc(-c3ccc(-c4ccccc4)cc3)c(C#N)c(=O)[nH]2)cc1.Cc1ccc(-c2ccc(-c3[nH]c(=S)[nH]c(=O)c3C#N)cc2)cc1.Cc1ccc(-c2ccc(-c3nc(SCC(=O)O)[nH]c(=O)c3C#N)cc2)cc1.Cc1ccc(-c2nc(SCC(=O)O)[nH]c(=O)c2C#N)cc1. The van der Waals surface area contributed by atoms with Crippen LogP contribution in [0.25, 0.3) is 101 Å². The number of aromatic amines is 6. The van der Waals surface area contributed by atoms with Crippen molar-refractivity contribution in [3.05, 3.63) is 402 Å². The maximum Gasteiger partial charge on any atom is 0.338 e. The lowest BCUT2D eigenvalue weighted by atomic mass is 10.0. The molecule has 0 atom stereocenters. The van der Waals surface area contributed by atoms with Gasteiger partial charge in [0.15, 0.2) is 25.4 Å². The molecule has 0 saturated carbocycles. The van der Waals surface area contributed by atoms with Gasteiger partial charge in [0.1, 0.15) is 58.2 Å². The zero-order chi connectivity index (χ0) is 98.3. The Bertz CT molecular complexity index is 7750. The molecule has 11 aromatic carbocycles. The van der Waals surface area contributed by atoms with Crippen molar-refractivity contribution in [1.82, 2.24) is 49.8 Å². The Balaban J connectivity index is 0.000000156. The highest BCUT2D eigenvalue weighted by molar-refractivity contribution is 8.00. The van der Waals surface area contributed by atoms with Crippen LogP contribution >= 0.6 is 59.3 Å². The van der Waals surface area contributed by atoms with E-state index in [9.17, 15) is 64.2 Å². The first-order chi connectivity index (χ1) is 66.7. The molecule has 5 aromatic heterocycles. The van der Waals surface area contributed by atoms with Gasteiger partial charge in [-0.1, -0.05) is 319 Å². The largest absolute Gasteiger partial charge is 0.481 e. The minimum Gasteiger partial charge on any atom is -0.481 e. The lowest BCUT2D eigenvalue weighted by Gasteiger charge is -2.08. The van der Waals surface area contributed by atoms with E-state index in [0.717, 1.165) is 90.3 Å². The summed E-state index contributed by atoms with van der Waals surface area (Å²) in [6.07, 6.45) is 0. The quantitative estimate of drug-likeness (QED) is 0.0121. The van der Waals surface area contributed by atoms with E-state index in [2.05, 4.69) is 74.1 Å². The fourth-order valence-electron chi connectivity index (χ4n) is 13.3. The Hall–Kier alpha value is -17.2. The number of rotatable bonds is 24. The van der Waals surface area contributed by atoms with Crippen LogP contribution in [0.1, 0.15) is 83.3 Å². The van der Waals surface area contributed by atoms with Crippen LogP contribution in [0, 0.1) is 82.2 Å². The highest BCUT2D eigenvalue weighted by atomic mass is 32.2. The maximum absolute atomic E-state index is 12.6. The second kappa shape index (κ2) is 48.4. The Morgan fingerprint density at radius 3 is 0.862 bits per heavy atom. The predicted octanol–water partition coefficient (Wildman–Crippen LogP) is 19.7. The average molecular weight is 1920 g/mol. The minimum absolute atomic E-state index is 0.0180. The van der Waals surface area contributed by atoms with Gasteiger partial charge in [0.05, 0.1) is 64.8 Å². The number of thioether (sulfide) groups is 4. The van der Waals surface area contributed by atoms with Crippen LogP contribution in [-0.2, 0) is 30.6 Å². The molecule has 682 valence electrons. The molecule has 0 aliphatic heterocycles. The van der Waals surface area contributed by atoms with Crippen LogP contribution in [0.2, 0.25) is 0 Å². The molecule has 0 radical (unpaired) electrons. The normalized spacial score (nSPS) is 10.3. The number of nitrogens with zero attached hydrogens (tertiary/aromatic N) is 9. The van der Waals surface area contributed by atoms with Crippen LogP contribution in [0.5, 0.6) is 0 Å². The van der Waals surface area contributed by atoms with Gasteiger partial charge >= 0.3 is 23.9 Å². The highest BCUT2D eigenvalue weighted by Crippen LogP contribution is 2.34. The van der Waals surface area contributed by atoms with Crippen molar-refractivity contribution in [3.8, 4) is 131 Å². The molecule has 8 N–H and O–H groups in total. The summed E-state index contributed by atoms with van der Waals surface area (Å²) < 4.78 is 9.91. The van der Waals surface area contributed by atoms with Gasteiger partial charge in [-0.3, -0.25) is 38.5 Å². The van der Waals surface area contributed by atoms with Crippen molar-refractivity contribution >= 4 is 83.1 Å². The molecule has 0 fully saturated rings. The van der Waals surface area contributed by atoms with Gasteiger partial charge in [0.25, 0.3) is 27.8 Å². The van der Waals surface area contributed by atoms with Crippen LogP contribution in [0.3, 0.4) is 0 Å². The van der Waals surface area contributed by atoms with E-state index in [1.165, 1.54) is 41.8 Å². The molecule has 0 aliphatic rings. The Morgan fingerprint density at radius 2 is 0.580 bits per heavy atom. The van der Waals surface area contributed by atoms with Crippen molar-refractivity contribution in [3.63, 3.8) is 0 Å². The average Bonchev–Trinajstić information content (AvgIpc) is 0.765. The number of nitrogens with one attached hydrogen (secondary N) is 6. The van der Waals surface area contributed by atoms with E-state index in [-0.39, 0.29) is 71.8 Å². The first kappa shape index (κ1) is 99.8. The number of carbonyl (C=O) groups is 4. The Labute approximate surface area is 811 Å². The van der Waals surface area contributed by atoms with Crippen molar-refractivity contribution in [2.75, 3.05) is 25.2 Å². The smallest absolute Gasteiger partial charge is 0.338 e. The van der Waals surface area contributed by atoms with Crippen LogP contribution in [0.15, 0.2) is 324 Å². The van der Waals surface area contributed by atoms with Gasteiger partial charge in [-0.05, 0) is 125 Å². The molecule has 0 bridgehead atoms. The van der Waals surface area contributed by atoms with E-state index in [1.807, 2.05) is 257 Å². The van der Waals surface area contributed by atoms with Gasteiger partial charge in [-0.15, -0.1) is 0 Å². The summed E-state index contributed by atoms with van der Waals surface area (Å²) in [5.74, 6) is -2.17. The van der Waals surface area contributed by atoms with Crippen molar-refractivity contribution in [2.45, 2.75) is 59.8 Å². The van der Waals surface area contributed by atoms with Crippen LogP contribution < -0.4 is 27.8 Å². The number of hydrogen-bond donors (Lipinski definition) is 8. The third kappa shape index (κ3) is 26.8. The molecule has 16 aromatic rings. The summed E-state index contributed by atoms with van der Waals surface area (Å²) >= 11 is 9.47. The van der Waals surface area contributed by atoms with E-state index < -0.39 is 45.7 Å². The summed E-state index contributed by atoms with van der Waals surface area (Å²) in [5.41, 5.74) is 17.0. The number of hydrogen-bond acceptors (Lipinski definition) is 25. The summed E-state index contributed by atoms with van der Waals surface area (Å²) in [7, 11) is 1.34. The number of carboxylic acids is 2. The molecular formula is C105H79N15O13S5. The Kier molecular flexibility index (Phi) is 35.0. The predicted molar refractivity (Wildman–Crippen MR) is 534 cm³/mol. The summed E-state index contributed by atoms with van der Waals surface area (Å²) in [5, 5.41) is 65.3. The van der Waals surface area contributed by atoms with E-state index in [0.29, 0.717) is 78.9 Å². The number of carbonyl (C=O) groups excluding carboxylic acids is 2. The number of H-pyrrole nitrogens is 6. The molecule has 138 heavy (non-hydrogen) atoms. The van der Waals surface area contributed by atoms with Crippen LogP contribution in [0.4, 0.5) is 0 Å². The molecule has 0 saturated heterocycles. The second-order valence-corrected chi connectivity index (χ2v) is 34.0. The van der Waals surface area contributed by atoms with Gasteiger partial charge in [-0.25, -0.2) is 29.5 Å². The number of aromatic nitrogens is 10. The molecule has 28 nitrogen and oxygen atoms in total. The van der Waals surface area contributed by atoms with Gasteiger partial charge in [0, 0.05) is 33.8 Å². The number of carboxylic acid groups (broad SMARTS) is 2. The Morgan fingerprint density at radius 1 is 0.326 bits per heavy atom. The molecule has 5 heterocycles. The third-order valence-electron chi connectivity index (χ3n) is 20.3. The second-order valence-electron chi connectivity index (χ2n) is 29.8. The third-order valence-corrected chi connectivity index (χ3v) is 24.1. The van der Waals surface area contributed by atoms with Crippen molar-refractivity contribution in [1.29, 1.82) is 26.3 Å². The van der Waals surface area contributed by atoms with Gasteiger partial charge < -0.3 is 44.6 Å². The van der Waals surface area contributed by atoms with E-state index >= 15 is 0 Å². The van der Waals surface area contributed by atoms with Gasteiger partial charge in [0.2, 0.25) is 0 Å². The molecule has 0 aliphatic carbocycles. The number of benzene rings is 11. The zero-order valence-corrected chi connectivity index (χ0v) is 78.1. The van der Waals surface area contributed by atoms with Crippen molar-refractivity contribution < 1.29 is 38.9 Å². The number of aryl methyl sites for hydroxylation is 3. The van der Waals surface area contributed by atoms with Crippen LogP contribution in [-0.4, -0.2) is 109 Å². The molecule has 0 amide bonds. The molecule has 0 unspecified atom stereocenters. The van der Waals surface area contributed by atoms with Gasteiger partial charge in [-0.2, -0.15) is 26.3 Å². The molecule has 16 rings (SSSR count). The first-order valence-corrected chi connectivity index (χ1v) is 46.2. The number of esters is 2. The molecule has 33 heteroatoms.